The monoisotopic (exact) mass is 205 g/mol. The standard InChI is InChI=1S/C11H15N3O/c1-11(2)6-7-4-3-5-8(9(7)15-11)10(12)14-13/h3-5H,6,13H2,1-2H3,(H2,12,14). The molecule has 4 N–H and O–H groups in total. The van der Waals surface area contributed by atoms with Crippen molar-refractivity contribution in [2.75, 3.05) is 0 Å². The third kappa shape index (κ3) is 1.63. The van der Waals surface area contributed by atoms with E-state index in [-0.39, 0.29) is 5.60 Å². The molecule has 2 rings (SSSR count). The summed E-state index contributed by atoms with van der Waals surface area (Å²) in [5, 5.41) is 3.50. The van der Waals surface area contributed by atoms with E-state index in [9.17, 15) is 0 Å². The number of hydrogen-bond donors (Lipinski definition) is 2. The molecule has 4 nitrogen and oxygen atoms in total. The van der Waals surface area contributed by atoms with Crippen molar-refractivity contribution in [3.8, 4) is 5.75 Å². The minimum Gasteiger partial charge on any atom is -0.486 e. The summed E-state index contributed by atoms with van der Waals surface area (Å²) in [6, 6.07) is 5.85. The molecule has 0 fully saturated rings. The number of nitrogens with zero attached hydrogens (tertiary/aromatic N) is 1. The molecule has 1 aliphatic rings. The largest absolute Gasteiger partial charge is 0.486 e. The highest BCUT2D eigenvalue weighted by molar-refractivity contribution is 6.00. The number of ether oxygens (including phenoxy) is 1. The number of hydrazone groups is 1. The lowest BCUT2D eigenvalue weighted by molar-refractivity contribution is 0.138. The highest BCUT2D eigenvalue weighted by Gasteiger charge is 2.32. The molecule has 0 atom stereocenters. The van der Waals surface area contributed by atoms with Gasteiger partial charge in [-0.1, -0.05) is 12.1 Å². The maximum absolute atomic E-state index is 5.83. The molecule has 0 bridgehead atoms. The van der Waals surface area contributed by atoms with Crippen LogP contribution in [0.25, 0.3) is 0 Å². The first-order chi connectivity index (χ1) is 7.03. The summed E-state index contributed by atoms with van der Waals surface area (Å²) in [5.74, 6) is 6.30. The first-order valence-corrected chi connectivity index (χ1v) is 4.88. The van der Waals surface area contributed by atoms with E-state index in [0.717, 1.165) is 23.3 Å². The molecule has 80 valence electrons. The van der Waals surface area contributed by atoms with E-state index in [1.165, 1.54) is 0 Å². The van der Waals surface area contributed by atoms with Crippen molar-refractivity contribution in [2.45, 2.75) is 25.9 Å². The van der Waals surface area contributed by atoms with Crippen LogP contribution in [0.4, 0.5) is 0 Å². The Morgan fingerprint density at radius 2 is 2.20 bits per heavy atom. The maximum atomic E-state index is 5.83. The first kappa shape index (κ1) is 9.83. The van der Waals surface area contributed by atoms with Crippen LogP contribution in [0.15, 0.2) is 23.3 Å². The number of benzene rings is 1. The highest BCUT2D eigenvalue weighted by atomic mass is 16.5. The molecular formula is C11H15N3O. The van der Waals surface area contributed by atoms with Gasteiger partial charge in [0, 0.05) is 6.42 Å². The SMILES string of the molecule is CC1(C)Cc2cccc(C(N)=NN)c2O1. The molecule has 1 aromatic carbocycles. The molecule has 0 unspecified atom stereocenters. The topological polar surface area (TPSA) is 73.6 Å². The lowest BCUT2D eigenvalue weighted by atomic mass is 10.0. The molecule has 0 amide bonds. The van der Waals surface area contributed by atoms with E-state index in [1.54, 1.807) is 0 Å². The Balaban J connectivity index is 2.51. The zero-order chi connectivity index (χ0) is 11.1. The van der Waals surface area contributed by atoms with Crippen LogP contribution in [0.5, 0.6) is 5.75 Å². The lowest BCUT2D eigenvalue weighted by Gasteiger charge is -2.17. The number of para-hydroxylation sites is 1. The van der Waals surface area contributed by atoms with Crippen LogP contribution in [-0.2, 0) is 6.42 Å². The van der Waals surface area contributed by atoms with Crippen LogP contribution in [0.1, 0.15) is 25.0 Å². The van der Waals surface area contributed by atoms with E-state index in [0.29, 0.717) is 5.84 Å². The molecule has 0 spiro atoms. The van der Waals surface area contributed by atoms with Gasteiger partial charge >= 0.3 is 0 Å². The molecule has 0 radical (unpaired) electrons. The predicted octanol–water partition coefficient (Wildman–Crippen LogP) is 0.979. The average Bonchev–Trinajstić information content (AvgIpc) is 2.49. The summed E-state index contributed by atoms with van der Waals surface area (Å²) in [7, 11) is 0. The van der Waals surface area contributed by atoms with E-state index in [1.807, 2.05) is 32.0 Å². The van der Waals surface area contributed by atoms with E-state index >= 15 is 0 Å². The quantitative estimate of drug-likeness (QED) is 0.310. The second kappa shape index (κ2) is 3.15. The van der Waals surface area contributed by atoms with Crippen LogP contribution in [0, 0.1) is 0 Å². The molecule has 4 heteroatoms. The fraction of sp³-hybridized carbons (Fsp3) is 0.364. The fourth-order valence-electron chi connectivity index (χ4n) is 1.89. The Hall–Kier alpha value is -1.71. The third-order valence-electron chi connectivity index (χ3n) is 2.51. The Bertz CT molecular complexity index is 424. The van der Waals surface area contributed by atoms with Gasteiger partial charge in [0.15, 0.2) is 5.84 Å². The average molecular weight is 205 g/mol. The summed E-state index contributed by atoms with van der Waals surface area (Å²) >= 11 is 0. The Morgan fingerprint density at radius 3 is 2.87 bits per heavy atom. The normalized spacial score (nSPS) is 18.4. The molecule has 1 aliphatic heterocycles. The van der Waals surface area contributed by atoms with Crippen molar-refractivity contribution in [1.29, 1.82) is 0 Å². The number of rotatable bonds is 1. The summed E-state index contributed by atoms with van der Waals surface area (Å²) < 4.78 is 5.83. The number of hydrogen-bond acceptors (Lipinski definition) is 3. The van der Waals surface area contributed by atoms with Crippen molar-refractivity contribution < 1.29 is 4.74 Å². The van der Waals surface area contributed by atoms with Crippen LogP contribution in [0.3, 0.4) is 0 Å². The van der Waals surface area contributed by atoms with Gasteiger partial charge in [0.2, 0.25) is 0 Å². The smallest absolute Gasteiger partial charge is 0.154 e. The van der Waals surface area contributed by atoms with Crippen molar-refractivity contribution in [3.05, 3.63) is 29.3 Å². The van der Waals surface area contributed by atoms with Gasteiger partial charge in [-0.2, -0.15) is 5.10 Å². The minimum atomic E-state index is -0.173. The minimum absolute atomic E-state index is 0.173. The van der Waals surface area contributed by atoms with Gasteiger partial charge < -0.3 is 16.3 Å². The van der Waals surface area contributed by atoms with E-state index in [4.69, 9.17) is 16.3 Å². The lowest BCUT2D eigenvalue weighted by Crippen LogP contribution is -2.25. The van der Waals surface area contributed by atoms with Crippen LogP contribution in [-0.4, -0.2) is 11.4 Å². The van der Waals surface area contributed by atoms with Gasteiger partial charge in [-0.05, 0) is 25.5 Å². The molecular weight excluding hydrogens is 190 g/mol. The Morgan fingerprint density at radius 1 is 1.47 bits per heavy atom. The Labute approximate surface area is 88.9 Å². The summed E-state index contributed by atoms with van der Waals surface area (Å²) in [6.07, 6.45) is 0.883. The molecule has 0 aromatic heterocycles. The molecule has 0 saturated carbocycles. The fourth-order valence-corrected chi connectivity index (χ4v) is 1.89. The number of fused-ring (bicyclic) bond motifs is 1. The van der Waals surface area contributed by atoms with Gasteiger partial charge in [-0.3, -0.25) is 0 Å². The second-order valence-electron chi connectivity index (χ2n) is 4.35. The molecule has 0 aliphatic carbocycles. The molecule has 15 heavy (non-hydrogen) atoms. The van der Waals surface area contributed by atoms with E-state index in [2.05, 4.69) is 5.10 Å². The number of amidine groups is 1. The van der Waals surface area contributed by atoms with Crippen LogP contribution >= 0.6 is 0 Å². The van der Waals surface area contributed by atoms with Gasteiger partial charge in [0.05, 0.1) is 5.56 Å². The second-order valence-corrected chi connectivity index (χ2v) is 4.35. The number of nitrogens with two attached hydrogens (primary N) is 2. The van der Waals surface area contributed by atoms with Crippen molar-refractivity contribution >= 4 is 5.84 Å². The highest BCUT2D eigenvalue weighted by Crippen LogP contribution is 2.37. The molecule has 1 aromatic rings. The maximum Gasteiger partial charge on any atom is 0.154 e. The van der Waals surface area contributed by atoms with Crippen molar-refractivity contribution in [2.24, 2.45) is 16.7 Å². The Kier molecular flexibility index (Phi) is 2.07. The molecule has 0 saturated heterocycles. The summed E-state index contributed by atoms with van der Waals surface area (Å²) in [5.41, 5.74) is 7.46. The van der Waals surface area contributed by atoms with Crippen molar-refractivity contribution in [1.82, 2.24) is 0 Å². The first-order valence-electron chi connectivity index (χ1n) is 4.88. The summed E-state index contributed by atoms with van der Waals surface area (Å²) in [4.78, 5) is 0. The van der Waals surface area contributed by atoms with Crippen LogP contribution in [0.2, 0.25) is 0 Å². The summed E-state index contributed by atoms with van der Waals surface area (Å²) in [6.45, 7) is 4.10. The van der Waals surface area contributed by atoms with Gasteiger partial charge in [0.25, 0.3) is 0 Å². The zero-order valence-electron chi connectivity index (χ0n) is 8.95. The third-order valence-corrected chi connectivity index (χ3v) is 2.51. The van der Waals surface area contributed by atoms with Crippen molar-refractivity contribution in [3.63, 3.8) is 0 Å². The van der Waals surface area contributed by atoms with Gasteiger partial charge in [-0.25, -0.2) is 0 Å². The van der Waals surface area contributed by atoms with Gasteiger partial charge in [-0.15, -0.1) is 0 Å². The zero-order valence-corrected chi connectivity index (χ0v) is 8.95. The van der Waals surface area contributed by atoms with Crippen LogP contribution < -0.4 is 16.3 Å². The molecule has 1 heterocycles. The van der Waals surface area contributed by atoms with Gasteiger partial charge in [0.1, 0.15) is 11.4 Å². The predicted molar refractivity (Wildman–Crippen MR) is 59.8 cm³/mol. The van der Waals surface area contributed by atoms with E-state index < -0.39 is 0 Å².